The summed E-state index contributed by atoms with van der Waals surface area (Å²) in [4.78, 5) is 11.3. The van der Waals surface area contributed by atoms with Crippen LogP contribution in [0.25, 0.3) is 0 Å². The number of hydrogen-bond acceptors (Lipinski definition) is 3. The SMILES string of the molecule is O=C1COc2ccc(C(Cl)C3CCCOC3)cc2N1. The van der Waals surface area contributed by atoms with E-state index in [1.807, 2.05) is 18.2 Å². The summed E-state index contributed by atoms with van der Waals surface area (Å²) in [6.07, 6.45) is 2.13. The van der Waals surface area contributed by atoms with Crippen LogP contribution in [0.15, 0.2) is 18.2 Å². The first kappa shape index (κ1) is 12.8. The number of ether oxygens (including phenoxy) is 2. The number of amides is 1. The highest BCUT2D eigenvalue weighted by Crippen LogP contribution is 2.38. The van der Waals surface area contributed by atoms with Crippen molar-refractivity contribution in [2.45, 2.75) is 18.2 Å². The fraction of sp³-hybridized carbons (Fsp3) is 0.500. The lowest BCUT2D eigenvalue weighted by atomic mass is 9.93. The molecule has 3 rings (SSSR count). The molecular formula is C14H16ClNO3. The van der Waals surface area contributed by atoms with Gasteiger partial charge < -0.3 is 14.8 Å². The van der Waals surface area contributed by atoms with E-state index in [0.717, 1.165) is 25.0 Å². The lowest BCUT2D eigenvalue weighted by Gasteiger charge is -2.27. The van der Waals surface area contributed by atoms with Gasteiger partial charge in [0.1, 0.15) is 5.75 Å². The van der Waals surface area contributed by atoms with E-state index >= 15 is 0 Å². The zero-order chi connectivity index (χ0) is 13.2. The number of hydrogen-bond donors (Lipinski definition) is 1. The zero-order valence-electron chi connectivity index (χ0n) is 10.5. The predicted molar refractivity (Wildman–Crippen MR) is 72.7 cm³/mol. The van der Waals surface area contributed by atoms with E-state index in [4.69, 9.17) is 21.1 Å². The quantitative estimate of drug-likeness (QED) is 0.848. The molecule has 1 N–H and O–H groups in total. The number of rotatable bonds is 2. The molecule has 19 heavy (non-hydrogen) atoms. The third kappa shape index (κ3) is 2.69. The van der Waals surface area contributed by atoms with Gasteiger partial charge in [-0.25, -0.2) is 0 Å². The average Bonchev–Trinajstić information content (AvgIpc) is 2.46. The maximum Gasteiger partial charge on any atom is 0.262 e. The van der Waals surface area contributed by atoms with Crippen LogP contribution < -0.4 is 10.1 Å². The molecule has 1 aromatic carbocycles. The van der Waals surface area contributed by atoms with Gasteiger partial charge in [-0.15, -0.1) is 11.6 Å². The summed E-state index contributed by atoms with van der Waals surface area (Å²) in [5.41, 5.74) is 1.71. The average molecular weight is 282 g/mol. The highest BCUT2D eigenvalue weighted by Gasteiger charge is 2.25. The molecule has 2 heterocycles. The molecule has 1 aromatic rings. The summed E-state index contributed by atoms with van der Waals surface area (Å²) >= 11 is 6.53. The molecule has 0 radical (unpaired) electrons. The number of carbonyl (C=O) groups excluding carboxylic acids is 1. The smallest absolute Gasteiger partial charge is 0.262 e. The Kier molecular flexibility index (Phi) is 3.62. The van der Waals surface area contributed by atoms with E-state index in [1.54, 1.807) is 0 Å². The number of carbonyl (C=O) groups is 1. The summed E-state index contributed by atoms with van der Waals surface area (Å²) in [5, 5.41) is 2.71. The Morgan fingerprint density at radius 2 is 2.32 bits per heavy atom. The second-order valence-corrected chi connectivity index (χ2v) is 5.44. The molecule has 1 amide bonds. The van der Waals surface area contributed by atoms with Crippen molar-refractivity contribution >= 4 is 23.2 Å². The molecule has 4 nitrogen and oxygen atoms in total. The third-order valence-corrected chi connectivity index (χ3v) is 4.17. The van der Waals surface area contributed by atoms with Gasteiger partial charge in [-0.3, -0.25) is 4.79 Å². The topological polar surface area (TPSA) is 47.6 Å². The minimum absolute atomic E-state index is 0.0765. The fourth-order valence-corrected chi connectivity index (χ4v) is 2.88. The molecule has 0 bridgehead atoms. The van der Waals surface area contributed by atoms with Gasteiger partial charge in [0.15, 0.2) is 6.61 Å². The van der Waals surface area contributed by atoms with E-state index in [-0.39, 0.29) is 17.9 Å². The van der Waals surface area contributed by atoms with Gasteiger partial charge in [-0.1, -0.05) is 6.07 Å². The number of anilines is 1. The molecule has 2 aliphatic rings. The first-order chi connectivity index (χ1) is 9.24. The Morgan fingerprint density at radius 1 is 1.42 bits per heavy atom. The normalized spacial score (nSPS) is 24.1. The summed E-state index contributed by atoms with van der Waals surface area (Å²) in [5.74, 6) is 0.901. The van der Waals surface area contributed by atoms with Gasteiger partial charge in [-0.05, 0) is 30.5 Å². The van der Waals surface area contributed by atoms with Crippen LogP contribution in [0.2, 0.25) is 0 Å². The Labute approximate surface area is 117 Å². The molecule has 1 fully saturated rings. The second-order valence-electron chi connectivity index (χ2n) is 4.97. The standard InChI is InChI=1S/C14H16ClNO3/c15-14(10-2-1-5-18-7-10)9-3-4-12-11(6-9)16-13(17)8-19-12/h3-4,6,10,14H,1-2,5,7-8H2,(H,16,17). The van der Waals surface area contributed by atoms with Crippen molar-refractivity contribution in [1.29, 1.82) is 0 Å². The first-order valence-electron chi connectivity index (χ1n) is 6.52. The molecular weight excluding hydrogens is 266 g/mol. The first-order valence-corrected chi connectivity index (χ1v) is 6.96. The Bertz CT molecular complexity index is 486. The number of benzene rings is 1. The number of fused-ring (bicyclic) bond motifs is 1. The second kappa shape index (κ2) is 5.39. The molecule has 0 spiro atoms. The summed E-state index contributed by atoms with van der Waals surface area (Å²) in [6.45, 7) is 1.61. The zero-order valence-corrected chi connectivity index (χ0v) is 11.3. The van der Waals surface area contributed by atoms with Crippen molar-refractivity contribution in [3.63, 3.8) is 0 Å². The highest BCUT2D eigenvalue weighted by molar-refractivity contribution is 6.21. The Morgan fingerprint density at radius 3 is 3.11 bits per heavy atom. The third-order valence-electron chi connectivity index (χ3n) is 3.56. The monoisotopic (exact) mass is 281 g/mol. The van der Waals surface area contributed by atoms with Gasteiger partial charge in [-0.2, -0.15) is 0 Å². The summed E-state index contributed by atoms with van der Waals surface area (Å²) in [6, 6.07) is 5.73. The molecule has 1 saturated heterocycles. The highest BCUT2D eigenvalue weighted by atomic mass is 35.5. The van der Waals surface area contributed by atoms with Crippen molar-refractivity contribution in [1.82, 2.24) is 0 Å². The minimum Gasteiger partial charge on any atom is -0.482 e. The molecule has 0 aromatic heterocycles. The van der Waals surface area contributed by atoms with Gasteiger partial charge in [0, 0.05) is 12.5 Å². The van der Waals surface area contributed by atoms with Crippen molar-refractivity contribution in [2.75, 3.05) is 25.1 Å². The Balaban J connectivity index is 1.80. The molecule has 2 aliphatic heterocycles. The van der Waals surface area contributed by atoms with Crippen LogP contribution in [0.1, 0.15) is 23.8 Å². The predicted octanol–water partition coefficient (Wildman–Crippen LogP) is 2.72. The van der Waals surface area contributed by atoms with Gasteiger partial charge in [0.25, 0.3) is 5.91 Å². The van der Waals surface area contributed by atoms with Gasteiger partial charge in [0.05, 0.1) is 17.7 Å². The largest absolute Gasteiger partial charge is 0.482 e. The molecule has 2 atom stereocenters. The van der Waals surface area contributed by atoms with E-state index < -0.39 is 0 Å². The van der Waals surface area contributed by atoms with Crippen LogP contribution >= 0.6 is 11.6 Å². The minimum atomic E-state index is -0.128. The van der Waals surface area contributed by atoms with E-state index in [0.29, 0.717) is 24.0 Å². The molecule has 102 valence electrons. The van der Waals surface area contributed by atoms with Crippen LogP contribution in [0.5, 0.6) is 5.75 Å². The van der Waals surface area contributed by atoms with Gasteiger partial charge in [0.2, 0.25) is 0 Å². The molecule has 5 heteroatoms. The molecule has 0 saturated carbocycles. The van der Waals surface area contributed by atoms with Crippen LogP contribution in [0.3, 0.4) is 0 Å². The van der Waals surface area contributed by atoms with Crippen molar-refractivity contribution in [3.8, 4) is 5.75 Å². The van der Waals surface area contributed by atoms with E-state index in [1.165, 1.54) is 0 Å². The fourth-order valence-electron chi connectivity index (χ4n) is 2.54. The van der Waals surface area contributed by atoms with E-state index in [2.05, 4.69) is 5.32 Å². The maximum absolute atomic E-state index is 11.3. The van der Waals surface area contributed by atoms with Crippen LogP contribution in [0.4, 0.5) is 5.69 Å². The van der Waals surface area contributed by atoms with Crippen LogP contribution in [-0.2, 0) is 9.53 Å². The lowest BCUT2D eigenvalue weighted by molar-refractivity contribution is -0.118. The van der Waals surface area contributed by atoms with E-state index in [9.17, 15) is 4.79 Å². The summed E-state index contributed by atoms with van der Waals surface area (Å²) in [7, 11) is 0. The number of alkyl halides is 1. The number of halogens is 1. The lowest BCUT2D eigenvalue weighted by Crippen LogP contribution is -2.26. The van der Waals surface area contributed by atoms with Gasteiger partial charge >= 0.3 is 0 Å². The summed E-state index contributed by atoms with van der Waals surface area (Å²) < 4.78 is 10.8. The van der Waals surface area contributed by atoms with Crippen LogP contribution in [0, 0.1) is 5.92 Å². The van der Waals surface area contributed by atoms with Crippen molar-refractivity contribution in [2.24, 2.45) is 5.92 Å². The van der Waals surface area contributed by atoms with Crippen molar-refractivity contribution < 1.29 is 14.3 Å². The molecule has 0 aliphatic carbocycles. The van der Waals surface area contributed by atoms with Crippen molar-refractivity contribution in [3.05, 3.63) is 23.8 Å². The number of nitrogens with one attached hydrogen (secondary N) is 1. The van der Waals surface area contributed by atoms with Crippen LogP contribution in [-0.4, -0.2) is 25.7 Å². The maximum atomic E-state index is 11.3. The molecule has 2 unspecified atom stereocenters. The Hall–Kier alpha value is -1.26.